The monoisotopic (exact) mass is 171 g/mol. The van der Waals surface area contributed by atoms with Crippen LogP contribution in [0.15, 0.2) is 0 Å². The lowest BCUT2D eigenvalue weighted by atomic mass is 10.1. The van der Waals surface area contributed by atoms with Crippen LogP contribution in [0.1, 0.15) is 39.5 Å². The first kappa shape index (κ1) is 9.96. The maximum atomic E-state index is 5.91. The van der Waals surface area contributed by atoms with E-state index in [1.54, 1.807) is 0 Å². The van der Waals surface area contributed by atoms with E-state index in [0.29, 0.717) is 6.04 Å². The molecule has 12 heavy (non-hydrogen) atoms. The Morgan fingerprint density at radius 1 is 1.25 bits per heavy atom. The minimum absolute atomic E-state index is 0.276. The largest absolute Gasteiger partial charge is 0.301 e. The second-order valence-electron chi connectivity index (χ2n) is 4.21. The van der Waals surface area contributed by atoms with Crippen molar-refractivity contribution in [2.24, 2.45) is 17.4 Å². The lowest BCUT2D eigenvalue weighted by Crippen LogP contribution is -2.66. The predicted octanol–water partition coefficient (Wildman–Crippen LogP) is 0.746. The Morgan fingerprint density at radius 3 is 2.17 bits per heavy atom. The molecule has 1 saturated carbocycles. The van der Waals surface area contributed by atoms with Crippen LogP contribution in [-0.4, -0.2) is 11.8 Å². The number of rotatable bonds is 3. The van der Waals surface area contributed by atoms with Gasteiger partial charge in [-0.3, -0.25) is 5.32 Å². The second-order valence-corrected chi connectivity index (χ2v) is 4.21. The minimum atomic E-state index is -0.686. The molecular weight excluding hydrogens is 150 g/mol. The highest BCUT2D eigenvalue weighted by Crippen LogP contribution is 2.19. The van der Waals surface area contributed by atoms with Gasteiger partial charge in [0.15, 0.2) is 0 Å². The third-order valence-corrected chi connectivity index (χ3v) is 2.76. The van der Waals surface area contributed by atoms with E-state index in [9.17, 15) is 0 Å². The molecule has 72 valence electrons. The lowest BCUT2D eigenvalue weighted by Gasteiger charge is -2.33. The zero-order valence-electron chi connectivity index (χ0n) is 8.14. The molecule has 5 N–H and O–H groups in total. The van der Waals surface area contributed by atoms with Crippen molar-refractivity contribution in [3.63, 3.8) is 0 Å². The first-order chi connectivity index (χ1) is 5.52. The van der Waals surface area contributed by atoms with Crippen molar-refractivity contribution in [1.82, 2.24) is 5.32 Å². The molecule has 0 atom stereocenters. The Hall–Kier alpha value is -0.120. The zero-order chi connectivity index (χ0) is 9.19. The van der Waals surface area contributed by atoms with Crippen LogP contribution in [0.3, 0.4) is 0 Å². The molecule has 0 amide bonds. The summed E-state index contributed by atoms with van der Waals surface area (Å²) < 4.78 is 0. The normalized spacial score (nSPS) is 20.8. The van der Waals surface area contributed by atoms with Gasteiger partial charge in [0, 0.05) is 6.04 Å². The minimum Gasteiger partial charge on any atom is -0.301 e. The number of nitrogens with two attached hydrogens (primary N) is 2. The van der Waals surface area contributed by atoms with Gasteiger partial charge in [0.1, 0.15) is 5.79 Å². The summed E-state index contributed by atoms with van der Waals surface area (Å²) in [5, 5.41) is 3.31. The molecule has 0 saturated heterocycles. The summed E-state index contributed by atoms with van der Waals surface area (Å²) in [7, 11) is 0. The lowest BCUT2D eigenvalue weighted by molar-refractivity contribution is 0.223. The van der Waals surface area contributed by atoms with Crippen LogP contribution < -0.4 is 16.8 Å². The van der Waals surface area contributed by atoms with E-state index in [1.807, 2.05) is 13.8 Å². The molecule has 3 nitrogen and oxygen atoms in total. The Balaban J connectivity index is 2.37. The number of hydrogen-bond donors (Lipinski definition) is 3. The first-order valence-corrected chi connectivity index (χ1v) is 4.88. The molecule has 0 bridgehead atoms. The van der Waals surface area contributed by atoms with Gasteiger partial charge in [-0.25, -0.2) is 0 Å². The molecule has 0 heterocycles. The summed E-state index contributed by atoms with van der Waals surface area (Å²) in [5.74, 6) is -0.409. The van der Waals surface area contributed by atoms with E-state index in [2.05, 4.69) is 5.32 Å². The second kappa shape index (κ2) is 3.73. The molecule has 0 aromatic rings. The van der Waals surface area contributed by atoms with Crippen molar-refractivity contribution in [2.75, 3.05) is 0 Å². The number of hydrogen-bond acceptors (Lipinski definition) is 3. The van der Waals surface area contributed by atoms with E-state index in [4.69, 9.17) is 11.5 Å². The maximum absolute atomic E-state index is 5.91. The van der Waals surface area contributed by atoms with Gasteiger partial charge in [-0.1, -0.05) is 26.7 Å². The Kier molecular flexibility index (Phi) is 3.09. The van der Waals surface area contributed by atoms with Crippen molar-refractivity contribution in [3.05, 3.63) is 0 Å². The van der Waals surface area contributed by atoms with Gasteiger partial charge in [-0.2, -0.15) is 0 Å². The Labute approximate surface area is 74.9 Å². The van der Waals surface area contributed by atoms with Crippen molar-refractivity contribution in [3.8, 4) is 0 Å². The number of nitrogens with one attached hydrogen (secondary N) is 1. The molecular formula is C9H21N3. The van der Waals surface area contributed by atoms with Gasteiger partial charge in [-0.15, -0.1) is 0 Å². The summed E-state index contributed by atoms with van der Waals surface area (Å²) in [4.78, 5) is 0. The first-order valence-electron chi connectivity index (χ1n) is 4.88. The third kappa shape index (κ3) is 2.44. The summed E-state index contributed by atoms with van der Waals surface area (Å²) in [6.07, 6.45) is 5.07. The summed E-state index contributed by atoms with van der Waals surface area (Å²) in [5.41, 5.74) is 11.8. The van der Waals surface area contributed by atoms with Crippen molar-refractivity contribution in [1.29, 1.82) is 0 Å². The third-order valence-electron chi connectivity index (χ3n) is 2.76. The SMILES string of the molecule is CC(C)C(N)(N)NC1CCCC1. The maximum Gasteiger partial charge on any atom is 0.120 e. The zero-order valence-corrected chi connectivity index (χ0v) is 8.14. The summed E-state index contributed by atoms with van der Waals surface area (Å²) >= 11 is 0. The highest BCUT2D eigenvalue weighted by molar-refractivity contribution is 4.84. The van der Waals surface area contributed by atoms with Gasteiger partial charge in [0.25, 0.3) is 0 Å². The average Bonchev–Trinajstić information content (AvgIpc) is 2.38. The van der Waals surface area contributed by atoms with Crippen molar-refractivity contribution in [2.45, 2.75) is 51.4 Å². The smallest absolute Gasteiger partial charge is 0.120 e. The van der Waals surface area contributed by atoms with E-state index in [1.165, 1.54) is 25.7 Å². The molecule has 0 radical (unpaired) electrons. The quantitative estimate of drug-likeness (QED) is 0.549. The summed E-state index contributed by atoms with van der Waals surface area (Å²) in [6.45, 7) is 4.09. The average molecular weight is 171 g/mol. The standard InChI is InChI=1S/C9H21N3/c1-7(2)9(10,11)12-8-5-3-4-6-8/h7-8,12H,3-6,10-11H2,1-2H3. The van der Waals surface area contributed by atoms with Crippen molar-refractivity contribution >= 4 is 0 Å². The molecule has 1 rings (SSSR count). The molecule has 3 heteroatoms. The molecule has 0 aromatic carbocycles. The molecule has 1 aliphatic carbocycles. The predicted molar refractivity (Wildman–Crippen MR) is 51.3 cm³/mol. The van der Waals surface area contributed by atoms with Gasteiger partial charge in [0.2, 0.25) is 0 Å². The van der Waals surface area contributed by atoms with E-state index < -0.39 is 5.79 Å². The van der Waals surface area contributed by atoms with E-state index in [0.717, 1.165) is 0 Å². The highest BCUT2D eigenvalue weighted by Gasteiger charge is 2.27. The van der Waals surface area contributed by atoms with Crippen molar-refractivity contribution < 1.29 is 0 Å². The molecule has 1 fully saturated rings. The van der Waals surface area contributed by atoms with Crippen LogP contribution >= 0.6 is 0 Å². The van der Waals surface area contributed by atoms with Crippen LogP contribution in [0.5, 0.6) is 0 Å². The summed E-state index contributed by atoms with van der Waals surface area (Å²) in [6, 6.07) is 0.544. The van der Waals surface area contributed by atoms with E-state index in [-0.39, 0.29) is 5.92 Å². The topological polar surface area (TPSA) is 64.1 Å². The van der Waals surface area contributed by atoms with Gasteiger partial charge < -0.3 is 11.5 Å². The van der Waals surface area contributed by atoms with E-state index >= 15 is 0 Å². The Morgan fingerprint density at radius 2 is 1.75 bits per heavy atom. The molecule has 1 aliphatic rings. The fourth-order valence-electron chi connectivity index (χ4n) is 1.59. The fourth-order valence-corrected chi connectivity index (χ4v) is 1.59. The molecule has 0 unspecified atom stereocenters. The molecule has 0 spiro atoms. The van der Waals surface area contributed by atoms with Gasteiger partial charge in [-0.05, 0) is 18.8 Å². The molecule has 0 aliphatic heterocycles. The fraction of sp³-hybridized carbons (Fsp3) is 1.00. The van der Waals surface area contributed by atoms with Gasteiger partial charge in [0.05, 0.1) is 0 Å². The van der Waals surface area contributed by atoms with Gasteiger partial charge >= 0.3 is 0 Å². The van der Waals surface area contributed by atoms with Crippen LogP contribution in [0.25, 0.3) is 0 Å². The van der Waals surface area contributed by atoms with Crippen LogP contribution in [0.4, 0.5) is 0 Å². The van der Waals surface area contributed by atoms with Crippen LogP contribution in [0.2, 0.25) is 0 Å². The van der Waals surface area contributed by atoms with Crippen LogP contribution in [0, 0.1) is 5.92 Å². The molecule has 0 aromatic heterocycles. The van der Waals surface area contributed by atoms with Crippen LogP contribution in [-0.2, 0) is 0 Å². The highest BCUT2D eigenvalue weighted by atomic mass is 15.2. The Bertz CT molecular complexity index is 137.